The van der Waals surface area contributed by atoms with Gasteiger partial charge in [-0.05, 0) is 61.2 Å². The van der Waals surface area contributed by atoms with Crippen molar-refractivity contribution in [1.29, 1.82) is 0 Å². The Kier molecular flexibility index (Phi) is 7.45. The first-order valence-corrected chi connectivity index (χ1v) is 13.9. The van der Waals surface area contributed by atoms with E-state index in [2.05, 4.69) is 20.8 Å². The van der Waals surface area contributed by atoms with Crippen LogP contribution in [0.2, 0.25) is 5.02 Å². The molecule has 3 aromatic carbocycles. The average Bonchev–Trinajstić information content (AvgIpc) is 3.48. The predicted octanol–water partition coefficient (Wildman–Crippen LogP) is 6.03. The van der Waals surface area contributed by atoms with Crippen LogP contribution in [0.4, 0.5) is 25.4 Å². The van der Waals surface area contributed by atoms with Gasteiger partial charge < -0.3 is 19.2 Å². The molecule has 0 bridgehead atoms. The summed E-state index contributed by atoms with van der Waals surface area (Å²) in [6.45, 7) is 0.251. The van der Waals surface area contributed by atoms with E-state index in [0.29, 0.717) is 30.6 Å². The first kappa shape index (κ1) is 28.2. The van der Waals surface area contributed by atoms with Gasteiger partial charge in [-0.25, -0.2) is 14.0 Å². The number of anilines is 2. The average molecular weight is 606 g/mol. The number of nitrogens with zero attached hydrogens (tertiary/aromatic N) is 3. The highest BCUT2D eigenvalue weighted by atomic mass is 35.5. The van der Waals surface area contributed by atoms with E-state index in [4.69, 9.17) is 25.9 Å². The van der Waals surface area contributed by atoms with Crippen molar-refractivity contribution < 1.29 is 33.0 Å². The molecule has 2 aliphatic rings. The lowest BCUT2D eigenvalue weighted by molar-refractivity contribution is -0.141. The van der Waals surface area contributed by atoms with Gasteiger partial charge in [0.25, 0.3) is 0 Å². The highest BCUT2D eigenvalue weighted by Gasteiger charge is 2.49. The molecule has 1 unspecified atom stereocenters. The van der Waals surface area contributed by atoms with E-state index in [9.17, 15) is 14.4 Å². The molecule has 220 valence electrons. The number of nitrogens with one attached hydrogen (secondary N) is 2. The number of fused-ring (bicyclic) bond motifs is 2. The molecule has 4 aromatic rings. The Labute approximate surface area is 249 Å². The number of ether oxygens (including phenoxy) is 1. The molecule has 0 aliphatic carbocycles. The second-order valence-electron chi connectivity index (χ2n) is 10.4. The largest absolute Gasteiger partial charge is 0.465 e. The second kappa shape index (κ2) is 11.4. The lowest BCUT2D eigenvalue weighted by Crippen LogP contribution is -2.54. The van der Waals surface area contributed by atoms with E-state index in [1.54, 1.807) is 24.3 Å². The third-order valence-electron chi connectivity index (χ3n) is 7.54. The minimum Gasteiger partial charge on any atom is -0.465 e. The van der Waals surface area contributed by atoms with Gasteiger partial charge in [0.15, 0.2) is 11.4 Å². The third-order valence-corrected chi connectivity index (χ3v) is 7.84. The highest BCUT2D eigenvalue weighted by Crippen LogP contribution is 2.45. The van der Waals surface area contributed by atoms with Gasteiger partial charge >= 0.3 is 12.2 Å². The summed E-state index contributed by atoms with van der Waals surface area (Å²) in [6.07, 6.45) is -0.952. The second-order valence-corrected chi connectivity index (χ2v) is 10.8. The summed E-state index contributed by atoms with van der Waals surface area (Å²) in [5.74, 6) is -1.73. The number of hydrogen-bond acceptors (Lipinski definition) is 7. The summed E-state index contributed by atoms with van der Waals surface area (Å²) >= 11 is 6.11. The Balaban J connectivity index is 1.32. The summed E-state index contributed by atoms with van der Waals surface area (Å²) in [7, 11) is 0. The molecular weight excluding hydrogens is 581 g/mol. The minimum atomic E-state index is -1.43. The quantitative estimate of drug-likeness (QED) is 0.242. The van der Waals surface area contributed by atoms with Gasteiger partial charge in [0.2, 0.25) is 17.7 Å². The van der Waals surface area contributed by atoms with Crippen molar-refractivity contribution in [2.45, 2.75) is 30.8 Å². The van der Waals surface area contributed by atoms with Crippen LogP contribution in [-0.2, 0) is 21.6 Å². The zero-order valence-corrected chi connectivity index (χ0v) is 23.3. The molecular formula is C30H25ClFN5O6. The first-order valence-electron chi connectivity index (χ1n) is 13.5. The van der Waals surface area contributed by atoms with Crippen molar-refractivity contribution in [3.8, 4) is 11.5 Å². The summed E-state index contributed by atoms with van der Waals surface area (Å²) in [6, 6.07) is 18.6. The summed E-state index contributed by atoms with van der Waals surface area (Å²) in [4.78, 5) is 39.2. The van der Waals surface area contributed by atoms with Crippen LogP contribution in [0.5, 0.6) is 0 Å². The smallest absolute Gasteiger partial charge is 0.412 e. The van der Waals surface area contributed by atoms with Gasteiger partial charge in [0.05, 0.1) is 22.8 Å². The minimum absolute atomic E-state index is 0.0770. The van der Waals surface area contributed by atoms with Crippen LogP contribution in [0, 0.1) is 5.82 Å². The molecule has 13 heteroatoms. The number of halogens is 2. The number of aromatic nitrogens is 2. The highest BCUT2D eigenvalue weighted by molar-refractivity contribution is 6.31. The number of benzene rings is 3. The number of hydrogen-bond donors (Lipinski definition) is 3. The van der Waals surface area contributed by atoms with Gasteiger partial charge in [0, 0.05) is 17.8 Å². The lowest BCUT2D eigenvalue weighted by atomic mass is 9.82. The molecule has 2 aliphatic heterocycles. The maximum atomic E-state index is 15.4. The van der Waals surface area contributed by atoms with Crippen molar-refractivity contribution in [2.75, 3.05) is 23.7 Å². The Bertz CT molecular complexity index is 1700. The van der Waals surface area contributed by atoms with Crippen LogP contribution in [0.1, 0.15) is 35.8 Å². The topological polar surface area (TPSA) is 147 Å². The number of amides is 3. The van der Waals surface area contributed by atoms with Gasteiger partial charge in [-0.3, -0.25) is 15.4 Å². The number of rotatable bonds is 6. The standard InChI is InChI=1S/C30H25ClFN5O6/c31-21-11-12-22-23(24(21)32)30(43-29(41)34-22)13-4-14-37(16-30)27(38)20(15-17-5-2-1-3-6-17)26-36-35-25(42-26)18-7-9-19(10-8-18)33-28(39)40/h1-3,5-12,20,33H,4,13-16H2,(H,34,41)(H,39,40)/t20?,30-/m0/s1. The maximum Gasteiger partial charge on any atom is 0.412 e. The molecule has 43 heavy (non-hydrogen) atoms. The van der Waals surface area contributed by atoms with Crippen LogP contribution in [0.3, 0.4) is 0 Å². The zero-order chi connectivity index (χ0) is 30.1. The van der Waals surface area contributed by atoms with E-state index in [1.807, 2.05) is 30.3 Å². The van der Waals surface area contributed by atoms with Crippen LogP contribution >= 0.6 is 11.6 Å². The van der Waals surface area contributed by atoms with E-state index in [-0.39, 0.29) is 46.9 Å². The van der Waals surface area contributed by atoms with Crippen LogP contribution < -0.4 is 10.6 Å². The van der Waals surface area contributed by atoms with Gasteiger partial charge in [0.1, 0.15) is 5.92 Å². The predicted molar refractivity (Wildman–Crippen MR) is 153 cm³/mol. The maximum absolute atomic E-state index is 15.4. The molecule has 1 fully saturated rings. The molecule has 1 saturated heterocycles. The molecule has 0 radical (unpaired) electrons. The molecule has 6 rings (SSSR count). The normalized spacial score (nSPS) is 18.4. The van der Waals surface area contributed by atoms with Crippen molar-refractivity contribution >= 4 is 41.1 Å². The third kappa shape index (κ3) is 5.61. The van der Waals surface area contributed by atoms with Crippen molar-refractivity contribution in [3.63, 3.8) is 0 Å². The van der Waals surface area contributed by atoms with Crippen molar-refractivity contribution in [1.82, 2.24) is 15.1 Å². The number of likely N-dealkylation sites (tertiary alicyclic amines) is 1. The molecule has 1 spiro atoms. The molecule has 11 nitrogen and oxygen atoms in total. The number of carboxylic acid groups (broad SMARTS) is 1. The van der Waals surface area contributed by atoms with E-state index >= 15 is 4.39 Å². The zero-order valence-electron chi connectivity index (χ0n) is 22.5. The number of carbonyl (C=O) groups is 3. The Morgan fingerprint density at radius 1 is 1.12 bits per heavy atom. The fraction of sp³-hybridized carbons (Fsp3) is 0.233. The molecule has 3 amide bonds. The molecule has 0 saturated carbocycles. The Morgan fingerprint density at radius 2 is 1.88 bits per heavy atom. The van der Waals surface area contributed by atoms with Gasteiger partial charge in [-0.15, -0.1) is 10.2 Å². The fourth-order valence-electron chi connectivity index (χ4n) is 5.62. The van der Waals surface area contributed by atoms with Crippen molar-refractivity contribution in [2.24, 2.45) is 0 Å². The fourth-order valence-corrected chi connectivity index (χ4v) is 5.78. The van der Waals surface area contributed by atoms with Gasteiger partial charge in [-0.1, -0.05) is 41.9 Å². The molecule has 2 atom stereocenters. The molecule has 1 aromatic heterocycles. The number of piperidine rings is 1. The Hall–Kier alpha value is -4.97. The van der Waals surface area contributed by atoms with Gasteiger partial charge in [-0.2, -0.15) is 0 Å². The first-order chi connectivity index (χ1) is 20.7. The SMILES string of the molecule is O=C(O)Nc1ccc(-c2nnc(C(Cc3ccccc3)C(=O)N3CCC[C@@]4(C3)OC(=O)Nc3ccc(Cl)c(F)c34)o2)cc1. The van der Waals surface area contributed by atoms with E-state index < -0.39 is 29.5 Å². The monoisotopic (exact) mass is 605 g/mol. The molecule has 3 heterocycles. The summed E-state index contributed by atoms with van der Waals surface area (Å²) in [5, 5.41) is 21.9. The van der Waals surface area contributed by atoms with E-state index in [0.717, 1.165) is 5.56 Å². The Morgan fingerprint density at radius 3 is 2.63 bits per heavy atom. The molecule has 3 N–H and O–H groups in total. The lowest BCUT2D eigenvalue weighted by Gasteiger charge is -2.45. The van der Waals surface area contributed by atoms with Crippen LogP contribution in [-0.4, -0.2) is 51.4 Å². The van der Waals surface area contributed by atoms with Crippen LogP contribution in [0.15, 0.2) is 71.1 Å². The van der Waals surface area contributed by atoms with Crippen LogP contribution in [0.25, 0.3) is 11.5 Å². The van der Waals surface area contributed by atoms with Crippen molar-refractivity contribution in [3.05, 3.63) is 94.6 Å². The summed E-state index contributed by atoms with van der Waals surface area (Å²) in [5.41, 5.74) is 0.682. The summed E-state index contributed by atoms with van der Waals surface area (Å²) < 4.78 is 27.1. The van der Waals surface area contributed by atoms with E-state index in [1.165, 1.54) is 17.0 Å². The number of carbonyl (C=O) groups excluding carboxylic acids is 2.